The molecule has 2 bridgehead atoms. The van der Waals surface area contributed by atoms with Crippen LogP contribution in [0.15, 0.2) is 48.7 Å². The van der Waals surface area contributed by atoms with Crippen molar-refractivity contribution in [3.63, 3.8) is 0 Å². The van der Waals surface area contributed by atoms with Gasteiger partial charge in [-0.1, -0.05) is 0 Å². The van der Waals surface area contributed by atoms with E-state index in [-0.39, 0.29) is 23.9 Å². The molecule has 0 unspecified atom stereocenters. The average Bonchev–Trinajstić information content (AvgIpc) is 3.41. The summed E-state index contributed by atoms with van der Waals surface area (Å²) < 4.78 is 22.0. The molecule has 2 fully saturated rings. The van der Waals surface area contributed by atoms with Gasteiger partial charge < -0.3 is 19.7 Å². The third kappa shape index (κ3) is 3.35. The van der Waals surface area contributed by atoms with E-state index in [1.807, 2.05) is 6.07 Å². The first-order valence-corrected chi connectivity index (χ1v) is 9.77. The molecule has 1 aromatic carbocycles. The van der Waals surface area contributed by atoms with Gasteiger partial charge >= 0.3 is 0 Å². The Morgan fingerprint density at radius 3 is 2.90 bits per heavy atom. The number of hydrogen-bond donors (Lipinski definition) is 2. The summed E-state index contributed by atoms with van der Waals surface area (Å²) in [7, 11) is 1.66. The molecule has 8 nitrogen and oxygen atoms in total. The van der Waals surface area contributed by atoms with Crippen molar-refractivity contribution in [3.05, 3.63) is 54.4 Å². The number of hydrogen-bond acceptors (Lipinski definition) is 7. The molecule has 3 aromatic rings. The molecular weight excluding hydrogens is 387 g/mol. The molecule has 2 aliphatic rings. The zero-order valence-electron chi connectivity index (χ0n) is 16.3. The lowest BCUT2D eigenvalue weighted by Gasteiger charge is -2.28. The summed E-state index contributed by atoms with van der Waals surface area (Å²) in [6.07, 6.45) is 8.53. The molecule has 0 radical (unpaired) electrons. The van der Waals surface area contributed by atoms with Crippen molar-refractivity contribution in [1.29, 1.82) is 0 Å². The lowest BCUT2D eigenvalue weighted by atomic mass is 9.96. The van der Waals surface area contributed by atoms with Crippen molar-refractivity contribution in [2.24, 2.45) is 0 Å². The van der Waals surface area contributed by atoms with Gasteiger partial charge in [-0.25, -0.2) is 14.4 Å². The number of imidazole rings is 1. The number of piperidine rings is 1. The maximum absolute atomic E-state index is 14.8. The minimum Gasteiger partial charge on any atom is -0.507 e. The molecule has 2 N–H and O–H groups in total. The maximum Gasteiger partial charge on any atom is 0.185 e. The van der Waals surface area contributed by atoms with Crippen molar-refractivity contribution in [2.75, 3.05) is 7.11 Å². The van der Waals surface area contributed by atoms with E-state index < -0.39 is 6.17 Å². The van der Waals surface area contributed by atoms with Crippen LogP contribution >= 0.6 is 0 Å². The zero-order chi connectivity index (χ0) is 20.7. The van der Waals surface area contributed by atoms with Gasteiger partial charge in [-0.3, -0.25) is 0 Å². The molecule has 4 heterocycles. The second kappa shape index (κ2) is 7.58. The molecule has 2 saturated heterocycles. The van der Waals surface area contributed by atoms with Crippen LogP contribution in [0.3, 0.4) is 0 Å². The highest BCUT2D eigenvalue weighted by Gasteiger charge is 2.44. The SMILES string of the molecule is CO[C@@H]1C[C@@H]2N[C@H]1C/C(=C\c1cnc(-c3ccc(-n4ccnc4)cc3O)nn1)[C@@H]2F. The smallest absolute Gasteiger partial charge is 0.185 e. The van der Waals surface area contributed by atoms with E-state index in [0.29, 0.717) is 35.5 Å². The highest BCUT2D eigenvalue weighted by atomic mass is 19.1. The summed E-state index contributed by atoms with van der Waals surface area (Å²) in [6, 6.07) is 5.06. The summed E-state index contributed by atoms with van der Waals surface area (Å²) in [5.74, 6) is 0.340. The van der Waals surface area contributed by atoms with E-state index in [1.165, 1.54) is 0 Å². The number of aromatic hydroxyl groups is 1. The lowest BCUT2D eigenvalue weighted by Crippen LogP contribution is -2.44. The molecule has 9 heteroatoms. The molecular formula is C21H21FN6O2. The van der Waals surface area contributed by atoms with Crippen LogP contribution in [0.4, 0.5) is 4.39 Å². The number of rotatable bonds is 4. The Morgan fingerprint density at radius 2 is 2.20 bits per heavy atom. The Bertz CT molecular complexity index is 1070. The zero-order valence-corrected chi connectivity index (χ0v) is 16.3. The predicted octanol–water partition coefficient (Wildman–Crippen LogP) is 2.30. The molecule has 154 valence electrons. The van der Waals surface area contributed by atoms with E-state index in [0.717, 1.165) is 5.69 Å². The van der Waals surface area contributed by atoms with E-state index in [1.54, 1.807) is 54.8 Å². The van der Waals surface area contributed by atoms with Gasteiger partial charge in [-0.15, -0.1) is 10.2 Å². The largest absolute Gasteiger partial charge is 0.507 e. The molecule has 0 aliphatic carbocycles. The Hall–Kier alpha value is -3.17. The van der Waals surface area contributed by atoms with E-state index in [9.17, 15) is 9.50 Å². The fourth-order valence-electron chi connectivity index (χ4n) is 4.23. The van der Waals surface area contributed by atoms with Crippen LogP contribution in [0.2, 0.25) is 0 Å². The van der Waals surface area contributed by atoms with Crippen LogP contribution in [0, 0.1) is 0 Å². The number of nitrogens with one attached hydrogen (secondary N) is 1. The highest BCUT2D eigenvalue weighted by molar-refractivity contribution is 5.66. The van der Waals surface area contributed by atoms with Crippen molar-refractivity contribution in [2.45, 2.75) is 37.2 Å². The Kier molecular flexibility index (Phi) is 4.76. The minimum absolute atomic E-state index is 0.0269. The molecule has 2 aromatic heterocycles. The van der Waals surface area contributed by atoms with Crippen molar-refractivity contribution < 1.29 is 14.2 Å². The standard InChI is InChI=1S/C21H21FN6O2/c1-30-19-9-17-20(22)12(7-16(19)25-17)6-13-10-24-21(27-26-13)15-3-2-14(8-18(15)29)28-5-4-23-11-28/h2-6,8,10-11,16-17,19-20,25,29H,7,9H2,1H3/b12-6+/t16-,17-,19+,20-/m0/s1. The number of methoxy groups -OCH3 is 1. The monoisotopic (exact) mass is 408 g/mol. The quantitative estimate of drug-likeness (QED) is 0.684. The first-order chi connectivity index (χ1) is 14.6. The Labute approximate surface area is 172 Å². The molecule has 30 heavy (non-hydrogen) atoms. The van der Waals surface area contributed by atoms with Gasteiger partial charge in [0.2, 0.25) is 0 Å². The first kappa shape index (κ1) is 18.8. The number of phenols is 1. The van der Waals surface area contributed by atoms with Gasteiger partial charge in [0.05, 0.1) is 29.9 Å². The van der Waals surface area contributed by atoms with Crippen LogP contribution in [0.1, 0.15) is 18.5 Å². The van der Waals surface area contributed by atoms with Crippen LogP contribution in [0.25, 0.3) is 23.2 Å². The molecule has 2 aliphatic heterocycles. The first-order valence-electron chi connectivity index (χ1n) is 9.77. The fourth-order valence-corrected chi connectivity index (χ4v) is 4.23. The summed E-state index contributed by atoms with van der Waals surface area (Å²) in [5.41, 5.74) is 2.41. The number of benzene rings is 1. The molecule has 0 amide bonds. The van der Waals surface area contributed by atoms with E-state index in [2.05, 4.69) is 25.5 Å². The average molecular weight is 408 g/mol. The minimum atomic E-state index is -1.08. The predicted molar refractivity (Wildman–Crippen MR) is 108 cm³/mol. The van der Waals surface area contributed by atoms with Gasteiger partial charge in [0.15, 0.2) is 5.82 Å². The summed E-state index contributed by atoms with van der Waals surface area (Å²) in [6.45, 7) is 0. The number of ether oxygens (including phenoxy) is 1. The number of fused-ring (bicyclic) bond motifs is 2. The summed E-state index contributed by atoms with van der Waals surface area (Å²) in [5, 5.41) is 22.0. The Morgan fingerprint density at radius 1 is 1.30 bits per heavy atom. The van der Waals surface area contributed by atoms with Crippen molar-refractivity contribution in [3.8, 4) is 22.8 Å². The van der Waals surface area contributed by atoms with Gasteiger partial charge in [-0.05, 0) is 36.6 Å². The topological polar surface area (TPSA) is 98.0 Å². The second-order valence-electron chi connectivity index (χ2n) is 7.59. The van der Waals surface area contributed by atoms with Crippen LogP contribution in [-0.2, 0) is 4.74 Å². The molecule has 4 atom stereocenters. The van der Waals surface area contributed by atoms with Crippen molar-refractivity contribution >= 4 is 6.08 Å². The number of aromatic nitrogens is 5. The van der Waals surface area contributed by atoms with Crippen LogP contribution in [0.5, 0.6) is 5.75 Å². The third-order valence-corrected chi connectivity index (χ3v) is 5.77. The summed E-state index contributed by atoms with van der Waals surface area (Å²) in [4.78, 5) is 8.31. The normalized spacial score (nSPS) is 26.9. The number of phenolic OH excluding ortho intramolecular Hbond substituents is 1. The van der Waals surface area contributed by atoms with E-state index >= 15 is 0 Å². The molecule has 5 rings (SSSR count). The lowest BCUT2D eigenvalue weighted by molar-refractivity contribution is 0.0927. The third-order valence-electron chi connectivity index (χ3n) is 5.77. The second-order valence-corrected chi connectivity index (χ2v) is 7.59. The number of halogens is 1. The number of alkyl halides is 1. The van der Waals surface area contributed by atoms with Gasteiger partial charge in [-0.2, -0.15) is 0 Å². The number of nitrogens with zero attached hydrogens (tertiary/aromatic N) is 5. The Balaban J connectivity index is 1.37. The van der Waals surface area contributed by atoms with Crippen LogP contribution in [-0.4, -0.2) is 61.3 Å². The maximum atomic E-state index is 14.8. The van der Waals surface area contributed by atoms with Crippen LogP contribution < -0.4 is 5.32 Å². The van der Waals surface area contributed by atoms with Crippen molar-refractivity contribution in [1.82, 2.24) is 30.0 Å². The molecule has 0 saturated carbocycles. The fraction of sp³-hybridized carbons (Fsp3) is 0.333. The van der Waals surface area contributed by atoms with Gasteiger partial charge in [0, 0.05) is 37.7 Å². The van der Waals surface area contributed by atoms with Gasteiger partial charge in [0.25, 0.3) is 0 Å². The van der Waals surface area contributed by atoms with E-state index in [4.69, 9.17) is 4.74 Å². The molecule has 0 spiro atoms. The summed E-state index contributed by atoms with van der Waals surface area (Å²) >= 11 is 0. The van der Waals surface area contributed by atoms with Gasteiger partial charge in [0.1, 0.15) is 17.6 Å². The highest BCUT2D eigenvalue weighted by Crippen LogP contribution is 2.35.